The summed E-state index contributed by atoms with van der Waals surface area (Å²) >= 11 is 0. The van der Waals surface area contributed by atoms with E-state index in [4.69, 9.17) is 14.4 Å². The fraction of sp³-hybridized carbons (Fsp3) is 0.0526. The molecule has 0 fully saturated rings. The lowest BCUT2D eigenvalue weighted by Crippen LogP contribution is -2.14. The highest BCUT2D eigenvalue weighted by atomic mass is 16.3. The second-order valence-corrected chi connectivity index (χ2v) is 16.5. The molecule has 0 atom stereocenters. The van der Waals surface area contributed by atoms with Gasteiger partial charge in [-0.25, -0.2) is 9.97 Å². The van der Waals surface area contributed by atoms with E-state index in [0.29, 0.717) is 5.82 Å². The molecule has 3 nitrogen and oxygen atoms in total. The third-order valence-electron chi connectivity index (χ3n) is 12.7. The number of fused-ring (bicyclic) bond motifs is 9. The molecule has 0 unspecified atom stereocenters. The zero-order chi connectivity index (χ0) is 40.0. The van der Waals surface area contributed by atoms with Crippen LogP contribution in [0.15, 0.2) is 199 Å². The fourth-order valence-corrected chi connectivity index (χ4v) is 9.65. The van der Waals surface area contributed by atoms with Crippen molar-refractivity contribution in [2.24, 2.45) is 0 Å². The summed E-state index contributed by atoms with van der Waals surface area (Å²) in [6, 6.07) is 69.5. The highest BCUT2D eigenvalue weighted by Crippen LogP contribution is 2.54. The molecule has 0 amide bonds. The molecule has 0 spiro atoms. The van der Waals surface area contributed by atoms with E-state index in [0.717, 1.165) is 66.7 Å². The molecule has 0 bridgehead atoms. The zero-order valence-corrected chi connectivity index (χ0v) is 33.3. The average Bonchev–Trinajstić information content (AvgIpc) is 3.79. The summed E-state index contributed by atoms with van der Waals surface area (Å²) in [6.07, 6.45) is 0. The van der Waals surface area contributed by atoms with Gasteiger partial charge in [0.15, 0.2) is 5.82 Å². The first-order chi connectivity index (χ1) is 29.5. The molecule has 282 valence electrons. The quantitative estimate of drug-likeness (QED) is 0.175. The molecular weight excluding hydrogens is 729 g/mol. The summed E-state index contributed by atoms with van der Waals surface area (Å²) in [5.41, 5.74) is 16.5. The van der Waals surface area contributed by atoms with Crippen molar-refractivity contribution in [2.45, 2.75) is 19.3 Å². The van der Waals surface area contributed by atoms with Gasteiger partial charge in [-0.15, -0.1) is 0 Å². The van der Waals surface area contributed by atoms with Crippen LogP contribution in [-0.2, 0) is 5.41 Å². The highest BCUT2D eigenvalue weighted by molar-refractivity contribution is 6.19. The largest absolute Gasteiger partial charge is 0.456 e. The molecule has 1 aliphatic carbocycles. The maximum absolute atomic E-state index is 6.31. The van der Waals surface area contributed by atoms with Gasteiger partial charge in [-0.05, 0) is 102 Å². The van der Waals surface area contributed by atoms with Crippen molar-refractivity contribution in [3.05, 3.63) is 205 Å². The van der Waals surface area contributed by atoms with Crippen molar-refractivity contribution in [1.82, 2.24) is 9.97 Å². The van der Waals surface area contributed by atoms with Crippen LogP contribution >= 0.6 is 0 Å². The smallest absolute Gasteiger partial charge is 0.160 e. The van der Waals surface area contributed by atoms with Gasteiger partial charge < -0.3 is 4.42 Å². The van der Waals surface area contributed by atoms with Crippen molar-refractivity contribution < 1.29 is 4.42 Å². The number of hydrogen-bond acceptors (Lipinski definition) is 3. The van der Waals surface area contributed by atoms with E-state index in [9.17, 15) is 0 Å². The minimum atomic E-state index is -0.138. The normalized spacial score (nSPS) is 13.0. The maximum Gasteiger partial charge on any atom is 0.160 e. The van der Waals surface area contributed by atoms with Gasteiger partial charge in [0, 0.05) is 32.9 Å². The van der Waals surface area contributed by atoms with Gasteiger partial charge in [-0.3, -0.25) is 0 Å². The third kappa shape index (κ3) is 5.36. The van der Waals surface area contributed by atoms with Crippen LogP contribution < -0.4 is 0 Å². The zero-order valence-electron chi connectivity index (χ0n) is 33.3. The monoisotopic (exact) mass is 766 g/mol. The Kier molecular flexibility index (Phi) is 7.58. The average molecular weight is 767 g/mol. The van der Waals surface area contributed by atoms with E-state index in [1.54, 1.807) is 0 Å². The lowest BCUT2D eigenvalue weighted by molar-refractivity contribution is 0.661. The molecule has 9 aromatic carbocycles. The second kappa shape index (κ2) is 13.2. The molecule has 60 heavy (non-hydrogen) atoms. The Labute approximate surface area is 348 Å². The van der Waals surface area contributed by atoms with Gasteiger partial charge in [-0.2, -0.15) is 0 Å². The summed E-state index contributed by atoms with van der Waals surface area (Å²) < 4.78 is 6.31. The lowest BCUT2D eigenvalue weighted by Gasteiger charge is -2.22. The molecule has 3 heteroatoms. The Hall–Kier alpha value is -7.62. The van der Waals surface area contributed by atoms with Crippen LogP contribution in [0.4, 0.5) is 0 Å². The number of furan rings is 1. The van der Waals surface area contributed by atoms with Crippen LogP contribution in [0.1, 0.15) is 25.0 Å². The highest BCUT2D eigenvalue weighted by Gasteiger charge is 2.37. The Balaban J connectivity index is 0.986. The molecule has 0 radical (unpaired) electrons. The molecule has 12 rings (SSSR count). The Morgan fingerprint density at radius 2 is 1.03 bits per heavy atom. The molecular formula is C57H38N2O. The lowest BCUT2D eigenvalue weighted by atomic mass is 9.81. The second-order valence-electron chi connectivity index (χ2n) is 16.5. The molecule has 11 aromatic rings. The first kappa shape index (κ1) is 34.4. The van der Waals surface area contributed by atoms with Crippen molar-refractivity contribution in [3.63, 3.8) is 0 Å². The number of rotatable bonds is 5. The Morgan fingerprint density at radius 1 is 0.383 bits per heavy atom. The van der Waals surface area contributed by atoms with Crippen LogP contribution in [0.5, 0.6) is 0 Å². The number of hydrogen-bond donors (Lipinski definition) is 0. The van der Waals surface area contributed by atoms with Crippen LogP contribution in [0, 0.1) is 0 Å². The number of nitrogens with zero attached hydrogens (tertiary/aromatic N) is 2. The minimum absolute atomic E-state index is 0.138. The van der Waals surface area contributed by atoms with E-state index in [1.165, 1.54) is 49.4 Å². The molecule has 0 saturated heterocycles. The number of benzene rings is 9. The summed E-state index contributed by atoms with van der Waals surface area (Å²) in [4.78, 5) is 10.5. The fourth-order valence-electron chi connectivity index (χ4n) is 9.65. The van der Waals surface area contributed by atoms with Gasteiger partial charge in [0.1, 0.15) is 11.2 Å². The molecule has 2 aromatic heterocycles. The van der Waals surface area contributed by atoms with Crippen molar-refractivity contribution in [3.8, 4) is 67.3 Å². The van der Waals surface area contributed by atoms with Crippen LogP contribution in [0.3, 0.4) is 0 Å². The van der Waals surface area contributed by atoms with Crippen LogP contribution in [0.25, 0.3) is 111 Å². The summed E-state index contributed by atoms with van der Waals surface area (Å²) in [5, 5.41) is 7.22. The van der Waals surface area contributed by atoms with E-state index >= 15 is 0 Å². The summed E-state index contributed by atoms with van der Waals surface area (Å²) in [5.74, 6) is 0.697. The first-order valence-electron chi connectivity index (χ1n) is 20.6. The Bertz CT molecular complexity index is 3500. The minimum Gasteiger partial charge on any atom is -0.456 e. The van der Waals surface area contributed by atoms with E-state index in [2.05, 4.69) is 190 Å². The van der Waals surface area contributed by atoms with Gasteiger partial charge in [0.2, 0.25) is 0 Å². The number of aromatic nitrogens is 2. The molecule has 0 N–H and O–H groups in total. The van der Waals surface area contributed by atoms with Crippen molar-refractivity contribution >= 4 is 43.5 Å². The van der Waals surface area contributed by atoms with E-state index < -0.39 is 0 Å². The summed E-state index contributed by atoms with van der Waals surface area (Å²) in [7, 11) is 0. The SMILES string of the molecule is CC1(C)c2cc3ccccc3cc2-c2c(-c3ccccc3-c3cc(-c4ccc(-c5ccc6oc7ccc8ccccc8c7c6c5)cc4)nc(-c4ccccc4)n3)cccc21. The van der Waals surface area contributed by atoms with E-state index in [1.807, 2.05) is 18.2 Å². The summed E-state index contributed by atoms with van der Waals surface area (Å²) in [6.45, 7) is 4.71. The van der Waals surface area contributed by atoms with Gasteiger partial charge >= 0.3 is 0 Å². The molecule has 1 aliphatic rings. The first-order valence-corrected chi connectivity index (χ1v) is 20.6. The van der Waals surface area contributed by atoms with E-state index in [-0.39, 0.29) is 5.41 Å². The third-order valence-corrected chi connectivity index (χ3v) is 12.7. The molecule has 0 aliphatic heterocycles. The van der Waals surface area contributed by atoms with Gasteiger partial charge in [-0.1, -0.05) is 172 Å². The maximum atomic E-state index is 6.31. The van der Waals surface area contributed by atoms with Gasteiger partial charge in [0.25, 0.3) is 0 Å². The predicted molar refractivity (Wildman–Crippen MR) is 249 cm³/mol. The molecule has 0 saturated carbocycles. The molecule has 2 heterocycles. The van der Waals surface area contributed by atoms with Crippen LogP contribution in [0.2, 0.25) is 0 Å². The van der Waals surface area contributed by atoms with Crippen LogP contribution in [-0.4, -0.2) is 9.97 Å². The van der Waals surface area contributed by atoms with Crippen molar-refractivity contribution in [2.75, 3.05) is 0 Å². The standard InChI is InChI=1S/C57H38N2O/c1-57(2)48-22-12-21-45(54(48)46-31-39-16-6-7-17-40(39)33-49(46)57)43-19-10-11-20-44(43)51-34-50(58-56(59-51)38-14-4-3-5-15-38)37-25-23-35(24-26-37)41-28-29-52-47(32-41)55-42-18-9-8-13-36(42)27-30-53(55)60-52/h3-34H,1-2H3. The van der Waals surface area contributed by atoms with Gasteiger partial charge in [0.05, 0.1) is 11.4 Å². The Morgan fingerprint density at radius 3 is 1.87 bits per heavy atom. The topological polar surface area (TPSA) is 38.9 Å². The van der Waals surface area contributed by atoms with Crippen molar-refractivity contribution in [1.29, 1.82) is 0 Å². The predicted octanol–water partition coefficient (Wildman–Crippen LogP) is 15.3.